The van der Waals surface area contributed by atoms with E-state index in [1.807, 2.05) is 67.6 Å². The predicted octanol–water partition coefficient (Wildman–Crippen LogP) is 5.24. The molecule has 2 fully saturated rings. The van der Waals surface area contributed by atoms with Gasteiger partial charge in [-0.05, 0) is 37.8 Å². The van der Waals surface area contributed by atoms with Gasteiger partial charge in [-0.15, -0.1) is 0 Å². The molecule has 0 spiro atoms. The number of ether oxygens (including phenoxy) is 6. The lowest BCUT2D eigenvalue weighted by molar-refractivity contribution is -0.361. The van der Waals surface area contributed by atoms with Gasteiger partial charge in [0.15, 0.2) is 20.9 Å². The third-order valence-electron chi connectivity index (χ3n) is 6.13. The fraction of sp³-hybridized carbons (Fsp3) is 0.519. The van der Waals surface area contributed by atoms with Crippen LogP contribution in [0.2, 0.25) is 13.1 Å². The van der Waals surface area contributed by atoms with E-state index in [0.717, 1.165) is 16.5 Å². The standard InChI is InChI=1S/C27H36O7S2Si/c1-5-29-27(35)36-18-37(3,4)34-24-23(30-16-19-12-8-6-9-13-19)22-21(32-26(24)28-2)17-31-25(33-22)20-14-10-7-11-15-20/h6-15,21-26H,5,16-18H2,1-4H3/t21-,22-,23+,24-,25?,26+/m1/s1. The van der Waals surface area contributed by atoms with Crippen LogP contribution in [0.15, 0.2) is 60.7 Å². The van der Waals surface area contributed by atoms with Gasteiger partial charge in [0.1, 0.15) is 24.4 Å². The Morgan fingerprint density at radius 1 is 1.03 bits per heavy atom. The summed E-state index contributed by atoms with van der Waals surface area (Å²) in [7, 11) is -0.634. The molecular formula is C27H36O7S2Si. The maximum Gasteiger partial charge on any atom is 0.219 e. The van der Waals surface area contributed by atoms with E-state index in [2.05, 4.69) is 13.1 Å². The van der Waals surface area contributed by atoms with Crippen molar-refractivity contribution in [2.45, 2.75) is 63.6 Å². The minimum absolute atomic E-state index is 0.352. The first kappa shape index (κ1) is 28.7. The summed E-state index contributed by atoms with van der Waals surface area (Å²) in [4.78, 5) is 0. The number of thiocarbonyl (C=S) groups is 1. The average molecular weight is 565 g/mol. The van der Waals surface area contributed by atoms with Gasteiger partial charge in [-0.1, -0.05) is 72.4 Å². The molecule has 2 aliphatic heterocycles. The number of methoxy groups -OCH3 is 1. The van der Waals surface area contributed by atoms with Gasteiger partial charge in [-0.2, -0.15) is 0 Å². The lowest BCUT2D eigenvalue weighted by Gasteiger charge is -2.50. The SMILES string of the molecule is CCOC(=S)SC[Si](C)(C)O[C@H]1[C@@H](OC)O[C@@H]2COC(c3ccccc3)O[C@H]2[C@@H]1OCc1ccccc1. The van der Waals surface area contributed by atoms with E-state index in [-0.39, 0.29) is 6.10 Å². The highest BCUT2D eigenvalue weighted by atomic mass is 32.2. The molecule has 0 amide bonds. The van der Waals surface area contributed by atoms with Crippen LogP contribution in [0.1, 0.15) is 24.3 Å². The van der Waals surface area contributed by atoms with Gasteiger partial charge in [0.2, 0.25) is 4.38 Å². The van der Waals surface area contributed by atoms with Crippen molar-refractivity contribution in [3.05, 3.63) is 71.8 Å². The molecule has 2 aromatic carbocycles. The highest BCUT2D eigenvalue weighted by molar-refractivity contribution is 8.23. The molecule has 0 saturated carbocycles. The minimum Gasteiger partial charge on any atom is -0.479 e. The zero-order valence-corrected chi connectivity index (χ0v) is 24.4. The van der Waals surface area contributed by atoms with Crippen molar-refractivity contribution in [2.75, 3.05) is 25.7 Å². The van der Waals surface area contributed by atoms with E-state index < -0.39 is 39.2 Å². The van der Waals surface area contributed by atoms with Crippen molar-refractivity contribution >= 4 is 36.7 Å². The average Bonchev–Trinajstić information content (AvgIpc) is 2.92. The van der Waals surface area contributed by atoms with Crippen LogP contribution in [0.4, 0.5) is 0 Å². The van der Waals surface area contributed by atoms with Crippen molar-refractivity contribution in [3.63, 3.8) is 0 Å². The third kappa shape index (κ3) is 7.84. The lowest BCUT2D eigenvalue weighted by Crippen LogP contribution is -2.65. The van der Waals surface area contributed by atoms with Crippen molar-refractivity contribution < 1.29 is 32.8 Å². The number of hydrogen-bond donors (Lipinski definition) is 0. The van der Waals surface area contributed by atoms with Gasteiger partial charge in [0.25, 0.3) is 0 Å². The highest BCUT2D eigenvalue weighted by Gasteiger charge is 2.52. The number of fused-ring (bicyclic) bond motifs is 1. The number of hydrogen-bond acceptors (Lipinski definition) is 9. The van der Waals surface area contributed by atoms with Crippen LogP contribution in [0.5, 0.6) is 0 Å². The van der Waals surface area contributed by atoms with Crippen LogP contribution in [0, 0.1) is 0 Å². The fourth-order valence-electron chi connectivity index (χ4n) is 4.39. The largest absolute Gasteiger partial charge is 0.479 e. The molecule has 0 N–H and O–H groups in total. The molecule has 0 bridgehead atoms. The van der Waals surface area contributed by atoms with E-state index >= 15 is 0 Å². The Labute approximate surface area is 230 Å². The summed E-state index contributed by atoms with van der Waals surface area (Å²) in [5.74, 6) is 0. The second-order valence-electron chi connectivity index (χ2n) is 9.53. The Morgan fingerprint density at radius 3 is 2.41 bits per heavy atom. The molecule has 7 nitrogen and oxygen atoms in total. The molecule has 2 aromatic rings. The summed E-state index contributed by atoms with van der Waals surface area (Å²) < 4.78 is 44.0. The topological polar surface area (TPSA) is 64.6 Å². The fourth-order valence-corrected chi connectivity index (χ4v) is 8.36. The lowest BCUT2D eigenvalue weighted by atomic mass is 9.97. The molecule has 6 atom stereocenters. The Bertz CT molecular complexity index is 981. The van der Waals surface area contributed by atoms with Crippen LogP contribution >= 0.6 is 24.0 Å². The zero-order chi connectivity index (χ0) is 26.3. The Balaban J connectivity index is 1.56. The van der Waals surface area contributed by atoms with Crippen molar-refractivity contribution in [1.29, 1.82) is 0 Å². The first-order valence-electron chi connectivity index (χ1n) is 12.5. The molecule has 2 saturated heterocycles. The summed E-state index contributed by atoms with van der Waals surface area (Å²) in [5.41, 5.74) is 2.02. The van der Waals surface area contributed by atoms with E-state index in [0.29, 0.717) is 24.2 Å². The quantitative estimate of drug-likeness (QED) is 0.285. The molecule has 2 heterocycles. The summed E-state index contributed by atoms with van der Waals surface area (Å²) in [6.45, 7) is 7.56. The molecule has 1 unspecified atom stereocenters. The Kier molecular flexibility index (Phi) is 10.6. The van der Waals surface area contributed by atoms with E-state index in [1.54, 1.807) is 7.11 Å². The molecule has 4 rings (SSSR count). The van der Waals surface area contributed by atoms with Gasteiger partial charge in [0, 0.05) is 18.0 Å². The first-order valence-corrected chi connectivity index (χ1v) is 17.0. The Morgan fingerprint density at radius 2 is 1.73 bits per heavy atom. The monoisotopic (exact) mass is 564 g/mol. The van der Waals surface area contributed by atoms with Crippen LogP contribution in [-0.4, -0.2) is 69.1 Å². The normalized spacial score (nSPS) is 27.9. The van der Waals surface area contributed by atoms with Gasteiger partial charge < -0.3 is 32.8 Å². The second kappa shape index (κ2) is 13.6. The summed E-state index contributed by atoms with van der Waals surface area (Å²) >= 11 is 6.84. The summed E-state index contributed by atoms with van der Waals surface area (Å²) in [6.07, 6.45) is -2.82. The molecular weight excluding hydrogens is 529 g/mol. The number of thioether (sulfide) groups is 1. The highest BCUT2D eigenvalue weighted by Crippen LogP contribution is 2.38. The zero-order valence-electron chi connectivity index (χ0n) is 21.7. The molecule has 10 heteroatoms. The summed E-state index contributed by atoms with van der Waals surface area (Å²) in [5, 5.41) is 0.731. The molecule has 0 aliphatic carbocycles. The summed E-state index contributed by atoms with van der Waals surface area (Å²) in [6, 6.07) is 20.0. The van der Waals surface area contributed by atoms with Gasteiger partial charge >= 0.3 is 0 Å². The van der Waals surface area contributed by atoms with E-state index in [4.69, 9.17) is 45.1 Å². The maximum absolute atomic E-state index is 6.81. The van der Waals surface area contributed by atoms with Gasteiger partial charge in [-0.25, -0.2) is 0 Å². The van der Waals surface area contributed by atoms with Crippen LogP contribution in [0.3, 0.4) is 0 Å². The van der Waals surface area contributed by atoms with Crippen molar-refractivity contribution in [1.82, 2.24) is 0 Å². The third-order valence-corrected chi connectivity index (χ3v) is 11.2. The maximum atomic E-state index is 6.81. The van der Waals surface area contributed by atoms with Crippen LogP contribution in [-0.2, 0) is 39.5 Å². The van der Waals surface area contributed by atoms with Gasteiger partial charge in [0.05, 0.1) is 19.8 Å². The smallest absolute Gasteiger partial charge is 0.219 e. The molecule has 2 aliphatic rings. The van der Waals surface area contributed by atoms with E-state index in [1.165, 1.54) is 11.8 Å². The first-order chi connectivity index (χ1) is 17.9. The Hall–Kier alpha value is -1.34. The van der Waals surface area contributed by atoms with Gasteiger partial charge in [-0.3, -0.25) is 0 Å². The van der Waals surface area contributed by atoms with Crippen molar-refractivity contribution in [2.24, 2.45) is 0 Å². The number of rotatable bonds is 10. The molecule has 0 aromatic heterocycles. The second-order valence-corrected chi connectivity index (χ2v) is 15.7. The minimum atomic E-state index is -2.26. The van der Waals surface area contributed by atoms with Crippen LogP contribution < -0.4 is 0 Å². The number of benzene rings is 2. The molecule has 0 radical (unpaired) electrons. The predicted molar refractivity (Wildman–Crippen MR) is 150 cm³/mol. The molecule has 202 valence electrons. The molecule has 37 heavy (non-hydrogen) atoms. The van der Waals surface area contributed by atoms with Crippen molar-refractivity contribution in [3.8, 4) is 0 Å². The van der Waals surface area contributed by atoms with E-state index in [9.17, 15) is 0 Å². The van der Waals surface area contributed by atoms with Crippen LogP contribution in [0.25, 0.3) is 0 Å².